The molecule has 1 N–H and O–H groups in total. The zero-order valence-corrected chi connectivity index (χ0v) is 8.96. The molecule has 0 aromatic carbocycles. The predicted molar refractivity (Wildman–Crippen MR) is 54.9 cm³/mol. The van der Waals surface area contributed by atoms with Crippen LogP contribution in [0.5, 0.6) is 0 Å². The molecule has 1 aliphatic heterocycles. The summed E-state index contributed by atoms with van der Waals surface area (Å²) in [6, 6.07) is 0.897. The van der Waals surface area contributed by atoms with Crippen LogP contribution in [0.3, 0.4) is 0 Å². The van der Waals surface area contributed by atoms with E-state index in [1.165, 1.54) is 9.58 Å². The second kappa shape index (κ2) is 3.96. The number of rotatable bonds is 2. The normalized spacial score (nSPS) is 20.1. The first-order valence-electron chi connectivity index (χ1n) is 5.13. The zero-order chi connectivity index (χ0) is 11.7. The first-order valence-corrected chi connectivity index (χ1v) is 5.13. The predicted octanol–water partition coefficient (Wildman–Crippen LogP) is 0.109. The Hall–Kier alpha value is -1.85. The number of carboxylic acids is 1. The Morgan fingerprint density at radius 2 is 2.31 bits per heavy atom. The highest BCUT2D eigenvalue weighted by molar-refractivity contribution is 5.95. The van der Waals surface area contributed by atoms with Crippen LogP contribution in [0.25, 0.3) is 0 Å². The molecule has 6 heteroatoms. The number of likely N-dealkylation sites (tertiary alicyclic amines) is 1. The molecule has 0 aliphatic carbocycles. The summed E-state index contributed by atoms with van der Waals surface area (Å²) in [4.78, 5) is 24.3. The van der Waals surface area contributed by atoms with Gasteiger partial charge in [-0.3, -0.25) is 9.48 Å². The van der Waals surface area contributed by atoms with Crippen molar-refractivity contribution in [1.29, 1.82) is 0 Å². The fourth-order valence-corrected chi connectivity index (χ4v) is 1.94. The van der Waals surface area contributed by atoms with Gasteiger partial charge in [0.15, 0.2) is 0 Å². The smallest absolute Gasteiger partial charge is 0.326 e. The molecule has 2 heterocycles. The van der Waals surface area contributed by atoms with E-state index < -0.39 is 12.0 Å². The largest absolute Gasteiger partial charge is 0.480 e. The van der Waals surface area contributed by atoms with E-state index in [9.17, 15) is 9.59 Å². The topological polar surface area (TPSA) is 75.4 Å². The minimum absolute atomic E-state index is 0.300. The van der Waals surface area contributed by atoms with Gasteiger partial charge in [-0.15, -0.1) is 0 Å². The molecule has 0 bridgehead atoms. The lowest BCUT2D eigenvalue weighted by molar-refractivity contribution is -0.141. The van der Waals surface area contributed by atoms with Gasteiger partial charge < -0.3 is 10.0 Å². The third kappa shape index (κ3) is 1.78. The summed E-state index contributed by atoms with van der Waals surface area (Å²) in [6.45, 7) is 0.492. The molecule has 16 heavy (non-hydrogen) atoms. The first kappa shape index (κ1) is 10.7. The minimum Gasteiger partial charge on any atom is -0.480 e. The van der Waals surface area contributed by atoms with E-state index in [2.05, 4.69) is 5.10 Å². The summed E-state index contributed by atoms with van der Waals surface area (Å²) in [7, 11) is 1.72. The number of carbonyl (C=O) groups excluding carboxylic acids is 1. The third-order valence-corrected chi connectivity index (χ3v) is 2.73. The summed E-state index contributed by atoms with van der Waals surface area (Å²) in [5.74, 6) is -1.24. The second-order valence-corrected chi connectivity index (χ2v) is 3.87. The second-order valence-electron chi connectivity index (χ2n) is 3.87. The lowest BCUT2D eigenvalue weighted by atomic mass is 10.2. The molecular formula is C10H13N3O3. The number of aliphatic carboxylic acids is 1. The molecule has 1 fully saturated rings. The van der Waals surface area contributed by atoms with Crippen LogP contribution in [-0.2, 0) is 11.8 Å². The quantitative estimate of drug-likeness (QED) is 0.772. The van der Waals surface area contributed by atoms with Crippen LogP contribution in [-0.4, -0.2) is 44.3 Å². The van der Waals surface area contributed by atoms with Crippen molar-refractivity contribution in [3.8, 4) is 0 Å². The summed E-state index contributed by atoms with van der Waals surface area (Å²) in [5.41, 5.74) is 0.302. The van der Waals surface area contributed by atoms with Crippen LogP contribution in [0, 0.1) is 0 Å². The average Bonchev–Trinajstić information content (AvgIpc) is 2.84. The standard InChI is InChI=1S/C10H13N3O3/c1-12-6-4-7(11-12)9(14)13-5-2-3-8(13)10(15)16/h4,6,8H,2-3,5H2,1H3,(H,15,16). The van der Waals surface area contributed by atoms with Crippen LogP contribution in [0.1, 0.15) is 23.3 Å². The van der Waals surface area contributed by atoms with E-state index >= 15 is 0 Å². The van der Waals surface area contributed by atoms with Gasteiger partial charge >= 0.3 is 5.97 Å². The van der Waals surface area contributed by atoms with E-state index in [1.54, 1.807) is 19.3 Å². The maximum Gasteiger partial charge on any atom is 0.326 e. The Morgan fingerprint density at radius 1 is 1.56 bits per heavy atom. The Morgan fingerprint density at radius 3 is 2.88 bits per heavy atom. The van der Waals surface area contributed by atoms with Crippen molar-refractivity contribution in [3.05, 3.63) is 18.0 Å². The molecule has 1 saturated heterocycles. The van der Waals surface area contributed by atoms with Gasteiger partial charge in [-0.2, -0.15) is 5.10 Å². The molecule has 1 amide bonds. The van der Waals surface area contributed by atoms with Crippen molar-refractivity contribution in [2.75, 3.05) is 6.54 Å². The van der Waals surface area contributed by atoms with E-state index in [-0.39, 0.29) is 5.91 Å². The van der Waals surface area contributed by atoms with Gasteiger partial charge in [-0.25, -0.2) is 4.79 Å². The zero-order valence-electron chi connectivity index (χ0n) is 8.96. The molecule has 0 saturated carbocycles. The number of amides is 1. The Bertz CT molecular complexity index is 427. The average molecular weight is 223 g/mol. The van der Waals surface area contributed by atoms with Crippen LogP contribution < -0.4 is 0 Å². The van der Waals surface area contributed by atoms with Crippen LogP contribution in [0.15, 0.2) is 12.3 Å². The summed E-state index contributed by atoms with van der Waals surface area (Å²) in [5, 5.41) is 12.9. The lowest BCUT2D eigenvalue weighted by Gasteiger charge is -2.19. The molecular weight excluding hydrogens is 210 g/mol. The van der Waals surface area contributed by atoms with Gasteiger partial charge in [0, 0.05) is 19.8 Å². The van der Waals surface area contributed by atoms with Gasteiger partial charge in [0.2, 0.25) is 0 Å². The molecule has 1 aliphatic rings. The van der Waals surface area contributed by atoms with Crippen LogP contribution in [0.2, 0.25) is 0 Å². The maximum atomic E-state index is 12.0. The van der Waals surface area contributed by atoms with Crippen molar-refractivity contribution < 1.29 is 14.7 Å². The Kier molecular flexibility index (Phi) is 2.64. The number of aryl methyl sites for hydroxylation is 1. The minimum atomic E-state index is -0.943. The highest BCUT2D eigenvalue weighted by atomic mass is 16.4. The monoisotopic (exact) mass is 223 g/mol. The maximum absolute atomic E-state index is 12.0. The van der Waals surface area contributed by atoms with Crippen molar-refractivity contribution in [1.82, 2.24) is 14.7 Å². The molecule has 1 aromatic rings. The lowest BCUT2D eigenvalue weighted by Crippen LogP contribution is -2.40. The van der Waals surface area contributed by atoms with Gasteiger partial charge in [0.1, 0.15) is 11.7 Å². The summed E-state index contributed by atoms with van der Waals surface area (Å²) >= 11 is 0. The van der Waals surface area contributed by atoms with Crippen molar-refractivity contribution in [3.63, 3.8) is 0 Å². The highest BCUT2D eigenvalue weighted by Crippen LogP contribution is 2.19. The third-order valence-electron chi connectivity index (χ3n) is 2.73. The Labute approximate surface area is 92.5 Å². The van der Waals surface area contributed by atoms with Gasteiger partial charge in [-0.05, 0) is 18.9 Å². The number of hydrogen-bond acceptors (Lipinski definition) is 3. The van der Waals surface area contributed by atoms with E-state index in [4.69, 9.17) is 5.11 Å². The molecule has 1 aromatic heterocycles. The Balaban J connectivity index is 2.18. The van der Waals surface area contributed by atoms with Gasteiger partial charge in [0.25, 0.3) is 5.91 Å². The van der Waals surface area contributed by atoms with E-state index in [1.807, 2.05) is 0 Å². The van der Waals surface area contributed by atoms with Crippen molar-refractivity contribution in [2.24, 2.45) is 7.05 Å². The molecule has 2 rings (SSSR count). The fourth-order valence-electron chi connectivity index (χ4n) is 1.94. The number of nitrogens with zero attached hydrogens (tertiary/aromatic N) is 3. The molecule has 0 radical (unpaired) electrons. The van der Waals surface area contributed by atoms with E-state index in [0.29, 0.717) is 18.7 Å². The van der Waals surface area contributed by atoms with Gasteiger partial charge in [-0.1, -0.05) is 0 Å². The van der Waals surface area contributed by atoms with E-state index in [0.717, 1.165) is 6.42 Å². The molecule has 1 atom stereocenters. The van der Waals surface area contributed by atoms with Gasteiger partial charge in [0.05, 0.1) is 0 Å². The molecule has 0 spiro atoms. The number of carbonyl (C=O) groups is 2. The molecule has 86 valence electrons. The number of carboxylic acid groups (broad SMARTS) is 1. The van der Waals surface area contributed by atoms with Crippen LogP contribution >= 0.6 is 0 Å². The SMILES string of the molecule is Cn1ccc(C(=O)N2CCCC2C(=O)O)n1. The summed E-state index contributed by atoms with van der Waals surface area (Å²) < 4.78 is 1.53. The highest BCUT2D eigenvalue weighted by Gasteiger charge is 2.35. The van der Waals surface area contributed by atoms with Crippen LogP contribution in [0.4, 0.5) is 0 Å². The molecule has 6 nitrogen and oxygen atoms in total. The summed E-state index contributed by atoms with van der Waals surface area (Å²) in [6.07, 6.45) is 2.92. The fraction of sp³-hybridized carbons (Fsp3) is 0.500. The van der Waals surface area contributed by atoms with Crippen molar-refractivity contribution >= 4 is 11.9 Å². The van der Waals surface area contributed by atoms with Crippen molar-refractivity contribution in [2.45, 2.75) is 18.9 Å². The number of hydrogen-bond donors (Lipinski definition) is 1. The molecule has 1 unspecified atom stereocenters. The first-order chi connectivity index (χ1) is 7.59. The number of aromatic nitrogens is 2.